The third kappa shape index (κ3) is 0.777. The van der Waals surface area contributed by atoms with Crippen LogP contribution >= 0.6 is 0 Å². The molecule has 0 saturated heterocycles. The Bertz CT molecular complexity index is 668. The molecule has 3 aromatic rings. The highest BCUT2D eigenvalue weighted by Gasteiger charge is 2.06. The second-order valence-electron chi connectivity index (χ2n) is 2.75. The van der Waals surface area contributed by atoms with Gasteiger partial charge in [0.15, 0.2) is 11.2 Å². The Hall–Kier alpha value is -2.31. The Morgan fingerprint density at radius 3 is 3.14 bits per heavy atom. The maximum atomic E-state index is 11.4. The van der Waals surface area contributed by atoms with Gasteiger partial charge in [-0.15, -0.1) is 15.3 Å². The van der Waals surface area contributed by atoms with Gasteiger partial charge in [-0.2, -0.15) is 5.10 Å². The third-order valence-electron chi connectivity index (χ3n) is 1.94. The second kappa shape index (κ2) is 2.34. The van der Waals surface area contributed by atoms with E-state index < -0.39 is 0 Å². The van der Waals surface area contributed by atoms with Crippen LogP contribution in [0.4, 0.5) is 0 Å². The van der Waals surface area contributed by atoms with E-state index in [1.807, 2.05) is 0 Å². The van der Waals surface area contributed by atoms with Gasteiger partial charge in [-0.05, 0) is 6.07 Å². The molecule has 0 aliphatic carbocycles. The average Bonchev–Trinajstić information content (AvgIpc) is 2.67. The molecule has 0 aliphatic heterocycles. The molecule has 0 unspecified atom stereocenters. The SMILES string of the molecule is O=c1[nH]c2ccnnc2c2nncn12. The van der Waals surface area contributed by atoms with Crippen LogP contribution in [0.3, 0.4) is 0 Å². The predicted molar refractivity (Wildman–Crippen MR) is 46.7 cm³/mol. The fourth-order valence-electron chi connectivity index (χ4n) is 1.32. The molecule has 3 rings (SSSR count). The van der Waals surface area contributed by atoms with Crippen molar-refractivity contribution in [3.05, 3.63) is 29.1 Å². The highest BCUT2D eigenvalue weighted by Crippen LogP contribution is 2.08. The molecular weight excluding hydrogens is 184 g/mol. The minimum Gasteiger partial charge on any atom is -0.305 e. The van der Waals surface area contributed by atoms with E-state index in [9.17, 15) is 4.79 Å². The molecule has 7 heteroatoms. The number of nitrogens with one attached hydrogen (secondary N) is 1. The first-order valence-corrected chi connectivity index (χ1v) is 3.90. The van der Waals surface area contributed by atoms with E-state index in [2.05, 4.69) is 25.4 Å². The number of rotatable bonds is 0. The fourth-order valence-corrected chi connectivity index (χ4v) is 1.32. The summed E-state index contributed by atoms with van der Waals surface area (Å²) < 4.78 is 1.29. The lowest BCUT2D eigenvalue weighted by Gasteiger charge is -1.95. The number of nitrogens with zero attached hydrogens (tertiary/aromatic N) is 5. The van der Waals surface area contributed by atoms with Gasteiger partial charge in [0.05, 0.1) is 11.7 Å². The monoisotopic (exact) mass is 188 g/mol. The molecule has 0 spiro atoms. The summed E-state index contributed by atoms with van der Waals surface area (Å²) in [6.07, 6.45) is 2.84. The van der Waals surface area contributed by atoms with Gasteiger partial charge in [0, 0.05) is 0 Å². The lowest BCUT2D eigenvalue weighted by molar-refractivity contribution is 0.995. The van der Waals surface area contributed by atoms with Crippen LogP contribution in [-0.4, -0.2) is 29.8 Å². The van der Waals surface area contributed by atoms with Crippen LogP contribution in [0.1, 0.15) is 0 Å². The van der Waals surface area contributed by atoms with Gasteiger partial charge in [0.25, 0.3) is 0 Å². The van der Waals surface area contributed by atoms with Crippen molar-refractivity contribution in [2.75, 3.05) is 0 Å². The van der Waals surface area contributed by atoms with Crippen molar-refractivity contribution in [2.24, 2.45) is 0 Å². The summed E-state index contributed by atoms with van der Waals surface area (Å²) in [7, 11) is 0. The topological polar surface area (TPSA) is 88.8 Å². The Balaban J connectivity index is 2.73. The van der Waals surface area contributed by atoms with Crippen molar-refractivity contribution < 1.29 is 0 Å². The Labute approximate surface area is 76.4 Å². The summed E-state index contributed by atoms with van der Waals surface area (Å²) in [5, 5.41) is 15.0. The molecule has 0 fully saturated rings. The van der Waals surface area contributed by atoms with Gasteiger partial charge in [-0.3, -0.25) is 0 Å². The fraction of sp³-hybridized carbons (Fsp3) is 0. The number of fused-ring (bicyclic) bond motifs is 3. The summed E-state index contributed by atoms with van der Waals surface area (Å²) in [6.45, 7) is 0. The number of hydrogen-bond donors (Lipinski definition) is 1. The number of hydrogen-bond acceptors (Lipinski definition) is 5. The van der Waals surface area contributed by atoms with E-state index in [1.165, 1.54) is 16.9 Å². The molecule has 14 heavy (non-hydrogen) atoms. The molecule has 0 aromatic carbocycles. The van der Waals surface area contributed by atoms with Crippen molar-refractivity contribution in [1.82, 2.24) is 29.8 Å². The second-order valence-corrected chi connectivity index (χ2v) is 2.75. The van der Waals surface area contributed by atoms with Crippen LogP contribution < -0.4 is 5.69 Å². The van der Waals surface area contributed by atoms with Gasteiger partial charge in [-0.25, -0.2) is 9.20 Å². The quantitative estimate of drug-likeness (QED) is 0.507. The lowest BCUT2D eigenvalue weighted by atomic mass is 10.4. The van der Waals surface area contributed by atoms with Crippen LogP contribution in [-0.2, 0) is 0 Å². The largest absolute Gasteiger partial charge is 0.333 e. The van der Waals surface area contributed by atoms with Crippen LogP contribution in [0.15, 0.2) is 23.4 Å². The molecule has 0 saturated carbocycles. The van der Waals surface area contributed by atoms with Crippen LogP contribution in [0.2, 0.25) is 0 Å². The summed E-state index contributed by atoms with van der Waals surface area (Å²) in [6, 6.07) is 1.67. The van der Waals surface area contributed by atoms with E-state index in [-0.39, 0.29) is 5.69 Å². The summed E-state index contributed by atoms with van der Waals surface area (Å²) in [5.41, 5.74) is 1.26. The van der Waals surface area contributed by atoms with Crippen LogP contribution in [0, 0.1) is 0 Å². The number of aromatic nitrogens is 6. The first kappa shape index (κ1) is 7.13. The zero-order chi connectivity index (χ0) is 9.54. The van der Waals surface area contributed by atoms with Crippen LogP contribution in [0.25, 0.3) is 16.7 Å². The summed E-state index contributed by atoms with van der Waals surface area (Å²) in [4.78, 5) is 14.1. The molecule has 0 bridgehead atoms. The average molecular weight is 188 g/mol. The molecular formula is C7H4N6O. The standard InChI is InChI=1S/C7H4N6O/c14-7-10-4-1-2-8-11-5(4)6-12-9-3-13(6)7/h1-3H,(H,10,14). The van der Waals surface area contributed by atoms with E-state index >= 15 is 0 Å². The normalized spacial score (nSPS) is 11.1. The van der Waals surface area contributed by atoms with E-state index in [4.69, 9.17) is 0 Å². The molecule has 1 N–H and O–H groups in total. The van der Waals surface area contributed by atoms with Gasteiger partial charge in [0.2, 0.25) is 0 Å². The molecule has 0 amide bonds. The highest BCUT2D eigenvalue weighted by atomic mass is 16.1. The molecule has 3 heterocycles. The minimum atomic E-state index is -0.287. The molecule has 3 aromatic heterocycles. The van der Waals surface area contributed by atoms with Crippen molar-refractivity contribution in [3.63, 3.8) is 0 Å². The molecule has 0 radical (unpaired) electrons. The minimum absolute atomic E-state index is 0.287. The first-order chi connectivity index (χ1) is 6.86. The number of aromatic amines is 1. The Morgan fingerprint density at radius 1 is 1.29 bits per heavy atom. The van der Waals surface area contributed by atoms with Crippen molar-refractivity contribution in [2.45, 2.75) is 0 Å². The molecule has 0 aliphatic rings. The van der Waals surface area contributed by atoms with Crippen molar-refractivity contribution in [1.29, 1.82) is 0 Å². The van der Waals surface area contributed by atoms with Crippen molar-refractivity contribution in [3.8, 4) is 0 Å². The van der Waals surface area contributed by atoms with Gasteiger partial charge in [-0.1, -0.05) is 0 Å². The maximum absolute atomic E-state index is 11.4. The maximum Gasteiger partial charge on any atom is 0.333 e. The molecule has 68 valence electrons. The predicted octanol–water partition coefficient (Wildman–Crippen LogP) is -0.639. The van der Waals surface area contributed by atoms with Gasteiger partial charge < -0.3 is 4.98 Å². The lowest BCUT2D eigenvalue weighted by Crippen LogP contribution is -2.15. The van der Waals surface area contributed by atoms with Crippen LogP contribution in [0.5, 0.6) is 0 Å². The Morgan fingerprint density at radius 2 is 2.21 bits per heavy atom. The number of H-pyrrole nitrogens is 1. The van der Waals surface area contributed by atoms with E-state index in [1.54, 1.807) is 6.07 Å². The first-order valence-electron chi connectivity index (χ1n) is 3.90. The van der Waals surface area contributed by atoms with Gasteiger partial charge >= 0.3 is 5.69 Å². The summed E-state index contributed by atoms with van der Waals surface area (Å²) in [5.74, 6) is 0. The summed E-state index contributed by atoms with van der Waals surface area (Å²) >= 11 is 0. The van der Waals surface area contributed by atoms with Gasteiger partial charge in [0.1, 0.15) is 6.33 Å². The smallest absolute Gasteiger partial charge is 0.305 e. The molecule has 0 atom stereocenters. The molecule has 7 nitrogen and oxygen atoms in total. The Kier molecular flexibility index (Phi) is 1.19. The highest BCUT2D eigenvalue weighted by molar-refractivity contribution is 5.85. The zero-order valence-electron chi connectivity index (χ0n) is 6.88. The van der Waals surface area contributed by atoms with E-state index in [0.717, 1.165) is 0 Å². The van der Waals surface area contributed by atoms with Crippen molar-refractivity contribution >= 4 is 16.7 Å². The van der Waals surface area contributed by atoms with E-state index in [0.29, 0.717) is 16.7 Å². The zero-order valence-corrected chi connectivity index (χ0v) is 6.88. The third-order valence-corrected chi connectivity index (χ3v) is 1.94.